The minimum Gasteiger partial charge on any atom is -0.456 e. The zero-order valence-corrected chi connectivity index (χ0v) is 12.4. The lowest BCUT2D eigenvalue weighted by molar-refractivity contribution is 0.00696. The third-order valence-electron chi connectivity index (χ3n) is 2.39. The van der Waals surface area contributed by atoms with Gasteiger partial charge < -0.3 is 15.8 Å². The van der Waals surface area contributed by atoms with Crippen molar-refractivity contribution in [3.63, 3.8) is 0 Å². The van der Waals surface area contributed by atoms with Crippen LogP contribution < -0.4 is 11.1 Å². The predicted octanol–water partition coefficient (Wildman–Crippen LogP) is 3.29. The maximum Gasteiger partial charge on any atom is 0.338 e. The summed E-state index contributed by atoms with van der Waals surface area (Å²) in [6.07, 6.45) is 0. The molecule has 0 saturated heterocycles. The molecule has 0 spiro atoms. The van der Waals surface area contributed by atoms with E-state index in [1.807, 2.05) is 20.8 Å². The van der Waals surface area contributed by atoms with E-state index in [0.29, 0.717) is 17.2 Å². The van der Waals surface area contributed by atoms with Gasteiger partial charge in [-0.05, 0) is 44.9 Å². The lowest BCUT2D eigenvalue weighted by Crippen LogP contribution is -2.24. The Hall–Kier alpha value is -1.71. The van der Waals surface area contributed by atoms with Crippen LogP contribution in [0.2, 0.25) is 0 Å². The van der Waals surface area contributed by atoms with E-state index in [4.69, 9.17) is 10.5 Å². The number of nitrogens with two attached hydrogens (primary N) is 1. The van der Waals surface area contributed by atoms with Gasteiger partial charge in [-0.25, -0.2) is 4.79 Å². The van der Waals surface area contributed by atoms with E-state index in [1.54, 1.807) is 18.2 Å². The maximum atomic E-state index is 12.0. The number of hydrogen-bond acceptors (Lipinski definition) is 4. The molecule has 0 bridgehead atoms. The van der Waals surface area contributed by atoms with Gasteiger partial charge in [-0.15, -0.1) is 0 Å². The van der Waals surface area contributed by atoms with Crippen LogP contribution in [0.1, 0.15) is 45.0 Å². The second-order valence-corrected chi connectivity index (χ2v) is 6.08. The van der Waals surface area contributed by atoms with Crippen LogP contribution >= 0.6 is 0 Å². The fourth-order valence-corrected chi connectivity index (χ4v) is 1.49. The molecular formula is C15H24N2O2. The molecule has 4 nitrogen and oxygen atoms in total. The molecule has 0 amide bonds. The van der Waals surface area contributed by atoms with Crippen molar-refractivity contribution in [1.29, 1.82) is 0 Å². The number of esters is 1. The summed E-state index contributed by atoms with van der Waals surface area (Å²) < 4.78 is 5.34. The second kappa shape index (κ2) is 5.95. The van der Waals surface area contributed by atoms with Crippen LogP contribution in [0.25, 0.3) is 0 Å². The van der Waals surface area contributed by atoms with Gasteiger partial charge in [0.25, 0.3) is 0 Å². The topological polar surface area (TPSA) is 64.3 Å². The summed E-state index contributed by atoms with van der Waals surface area (Å²) in [6, 6.07) is 5.15. The van der Waals surface area contributed by atoms with E-state index in [9.17, 15) is 4.79 Å². The number of benzene rings is 1. The van der Waals surface area contributed by atoms with Crippen molar-refractivity contribution in [2.24, 2.45) is 5.92 Å². The van der Waals surface area contributed by atoms with Gasteiger partial charge in [0.05, 0.1) is 16.9 Å². The maximum absolute atomic E-state index is 12.0. The summed E-state index contributed by atoms with van der Waals surface area (Å²) >= 11 is 0. The molecule has 3 N–H and O–H groups in total. The molecule has 0 aromatic heterocycles. The third kappa shape index (κ3) is 5.20. The average Bonchev–Trinajstić information content (AvgIpc) is 2.25. The van der Waals surface area contributed by atoms with E-state index in [2.05, 4.69) is 19.2 Å². The van der Waals surface area contributed by atoms with Crippen LogP contribution in [0.15, 0.2) is 18.2 Å². The Morgan fingerprint density at radius 1 is 1.37 bits per heavy atom. The first-order chi connectivity index (χ1) is 8.69. The highest BCUT2D eigenvalue weighted by molar-refractivity contribution is 5.92. The molecule has 0 saturated carbocycles. The van der Waals surface area contributed by atoms with Crippen LogP contribution in [0.4, 0.5) is 11.4 Å². The standard InChI is InChI=1S/C15H24N2O2/c1-10(2)9-17-13-8-11(6-7-12(13)16)14(18)19-15(3,4)5/h6-8,10,17H,9,16H2,1-5H3. The van der Waals surface area contributed by atoms with Crippen LogP contribution in [0.5, 0.6) is 0 Å². The minimum atomic E-state index is -0.496. The summed E-state index contributed by atoms with van der Waals surface area (Å²) in [6.45, 7) is 10.6. The molecule has 1 aromatic rings. The largest absolute Gasteiger partial charge is 0.456 e. The minimum absolute atomic E-state index is 0.333. The fraction of sp³-hybridized carbons (Fsp3) is 0.533. The Kier molecular flexibility index (Phi) is 4.81. The number of anilines is 2. The summed E-state index contributed by atoms with van der Waals surface area (Å²) in [4.78, 5) is 12.0. The van der Waals surface area contributed by atoms with Crippen molar-refractivity contribution in [3.8, 4) is 0 Å². The Labute approximate surface area is 115 Å². The zero-order chi connectivity index (χ0) is 14.6. The summed E-state index contributed by atoms with van der Waals surface area (Å²) in [5, 5.41) is 3.24. The summed E-state index contributed by atoms with van der Waals surface area (Å²) in [5.74, 6) is 0.171. The molecule has 0 aliphatic rings. The normalized spacial score (nSPS) is 11.5. The number of carbonyl (C=O) groups is 1. The SMILES string of the molecule is CC(C)CNc1cc(C(=O)OC(C)(C)C)ccc1N. The molecule has 106 valence electrons. The third-order valence-corrected chi connectivity index (χ3v) is 2.39. The Morgan fingerprint density at radius 2 is 2.00 bits per heavy atom. The Bertz CT molecular complexity index is 448. The first kappa shape index (κ1) is 15.3. The second-order valence-electron chi connectivity index (χ2n) is 6.08. The molecule has 0 atom stereocenters. The van der Waals surface area contributed by atoms with E-state index < -0.39 is 5.60 Å². The van der Waals surface area contributed by atoms with Gasteiger partial charge in [-0.1, -0.05) is 13.8 Å². The lowest BCUT2D eigenvalue weighted by atomic mass is 10.1. The Morgan fingerprint density at radius 3 is 2.53 bits per heavy atom. The van der Waals surface area contributed by atoms with Crippen LogP contribution in [-0.2, 0) is 4.74 Å². The van der Waals surface area contributed by atoms with Gasteiger partial charge in [-0.3, -0.25) is 0 Å². The number of nitrogens with one attached hydrogen (secondary N) is 1. The highest BCUT2D eigenvalue weighted by Gasteiger charge is 2.18. The summed E-state index contributed by atoms with van der Waals surface area (Å²) in [5.41, 5.74) is 7.31. The van der Waals surface area contributed by atoms with Gasteiger partial charge in [-0.2, -0.15) is 0 Å². The number of rotatable bonds is 4. The van der Waals surface area contributed by atoms with Crippen molar-refractivity contribution in [2.45, 2.75) is 40.2 Å². The Balaban J connectivity index is 2.86. The number of carbonyl (C=O) groups excluding carboxylic acids is 1. The average molecular weight is 264 g/mol. The van der Waals surface area contributed by atoms with Crippen molar-refractivity contribution < 1.29 is 9.53 Å². The van der Waals surface area contributed by atoms with Gasteiger partial charge >= 0.3 is 5.97 Å². The van der Waals surface area contributed by atoms with Crippen LogP contribution in [0.3, 0.4) is 0 Å². The molecule has 0 aliphatic heterocycles. The molecule has 0 radical (unpaired) electrons. The molecule has 19 heavy (non-hydrogen) atoms. The molecule has 0 heterocycles. The van der Waals surface area contributed by atoms with Crippen molar-refractivity contribution >= 4 is 17.3 Å². The lowest BCUT2D eigenvalue weighted by Gasteiger charge is -2.20. The molecule has 4 heteroatoms. The first-order valence-electron chi connectivity index (χ1n) is 6.56. The van der Waals surface area contributed by atoms with Crippen molar-refractivity contribution in [2.75, 3.05) is 17.6 Å². The molecule has 1 aromatic carbocycles. The highest BCUT2D eigenvalue weighted by Crippen LogP contribution is 2.22. The number of nitrogen functional groups attached to an aromatic ring is 1. The van der Waals surface area contributed by atoms with Gasteiger partial charge in [0.15, 0.2) is 0 Å². The van der Waals surface area contributed by atoms with Gasteiger partial charge in [0, 0.05) is 6.54 Å². The monoisotopic (exact) mass is 264 g/mol. The molecule has 1 rings (SSSR count). The van der Waals surface area contributed by atoms with E-state index in [1.165, 1.54) is 0 Å². The summed E-state index contributed by atoms with van der Waals surface area (Å²) in [7, 11) is 0. The molecular weight excluding hydrogens is 240 g/mol. The van der Waals surface area contributed by atoms with Gasteiger partial charge in [0.2, 0.25) is 0 Å². The molecule has 0 unspecified atom stereocenters. The fourth-order valence-electron chi connectivity index (χ4n) is 1.49. The smallest absolute Gasteiger partial charge is 0.338 e. The highest BCUT2D eigenvalue weighted by atomic mass is 16.6. The van der Waals surface area contributed by atoms with Gasteiger partial charge in [0.1, 0.15) is 5.60 Å². The molecule has 0 fully saturated rings. The number of ether oxygens (including phenoxy) is 1. The predicted molar refractivity (Wildman–Crippen MR) is 79.4 cm³/mol. The molecule has 0 aliphatic carbocycles. The van der Waals surface area contributed by atoms with E-state index >= 15 is 0 Å². The van der Waals surface area contributed by atoms with Crippen LogP contribution in [-0.4, -0.2) is 18.1 Å². The zero-order valence-electron chi connectivity index (χ0n) is 12.4. The number of hydrogen-bond donors (Lipinski definition) is 2. The van der Waals surface area contributed by atoms with E-state index in [-0.39, 0.29) is 5.97 Å². The quantitative estimate of drug-likeness (QED) is 0.647. The van der Waals surface area contributed by atoms with Crippen molar-refractivity contribution in [3.05, 3.63) is 23.8 Å². The van der Waals surface area contributed by atoms with Crippen molar-refractivity contribution in [1.82, 2.24) is 0 Å². The first-order valence-corrected chi connectivity index (χ1v) is 6.56. The van der Waals surface area contributed by atoms with Crippen LogP contribution in [0, 0.1) is 5.92 Å². The van der Waals surface area contributed by atoms with E-state index in [0.717, 1.165) is 12.2 Å².